The molecule has 0 unspecified atom stereocenters. The van der Waals surface area contributed by atoms with E-state index in [0.29, 0.717) is 13.0 Å². The first-order valence-corrected chi connectivity index (χ1v) is 12.8. The third-order valence-electron chi connectivity index (χ3n) is 8.34. The molecule has 0 radical (unpaired) electrons. The van der Waals surface area contributed by atoms with Gasteiger partial charge in [-0.05, 0) is 54.3 Å². The molecule has 4 aromatic rings. The molecule has 0 amide bonds. The number of β-amino-alcohol motifs (C(OH)–C–C–N with tert-alkyl or cyclic N) is 1. The molecule has 0 saturated carbocycles. The molecule has 1 aliphatic heterocycles. The van der Waals surface area contributed by atoms with Crippen molar-refractivity contribution in [3.63, 3.8) is 0 Å². The quantitative estimate of drug-likeness (QED) is 0.389. The number of halogens is 1. The zero-order valence-corrected chi connectivity index (χ0v) is 20.8. The Hall–Kier alpha value is -2.79. The number of aromatic amines is 1. The summed E-state index contributed by atoms with van der Waals surface area (Å²) in [7, 11) is 1.70. The van der Waals surface area contributed by atoms with E-state index in [2.05, 4.69) is 58.4 Å². The number of benzene rings is 3. The van der Waals surface area contributed by atoms with Crippen LogP contribution in [0.25, 0.3) is 10.9 Å². The fraction of sp³-hybridized carbons (Fsp3) is 0.333. The summed E-state index contributed by atoms with van der Waals surface area (Å²) in [6.45, 7) is 2.53. The summed E-state index contributed by atoms with van der Waals surface area (Å²) in [6.07, 6.45) is 3.22. The van der Waals surface area contributed by atoms with Crippen LogP contribution in [-0.2, 0) is 24.7 Å². The predicted molar refractivity (Wildman–Crippen MR) is 142 cm³/mol. The molecule has 6 rings (SSSR count). The van der Waals surface area contributed by atoms with Crippen LogP contribution in [-0.4, -0.2) is 47.3 Å². The van der Waals surface area contributed by atoms with Crippen LogP contribution < -0.4 is 4.74 Å². The van der Waals surface area contributed by atoms with Crippen molar-refractivity contribution in [2.24, 2.45) is 0 Å². The molecule has 1 fully saturated rings. The lowest BCUT2D eigenvalue weighted by atomic mass is 9.56. The van der Waals surface area contributed by atoms with E-state index < -0.39 is 11.0 Å². The van der Waals surface area contributed by atoms with E-state index >= 15 is 0 Å². The van der Waals surface area contributed by atoms with Crippen LogP contribution in [0.3, 0.4) is 0 Å². The maximum absolute atomic E-state index is 12.6. The Labute approximate surface area is 211 Å². The van der Waals surface area contributed by atoms with Crippen LogP contribution in [0.5, 0.6) is 5.75 Å². The van der Waals surface area contributed by atoms with Crippen molar-refractivity contribution >= 4 is 22.5 Å². The lowest BCUT2D eigenvalue weighted by Crippen LogP contribution is -2.66. The van der Waals surface area contributed by atoms with E-state index in [1.54, 1.807) is 7.11 Å². The van der Waals surface area contributed by atoms with Crippen molar-refractivity contribution < 1.29 is 9.84 Å². The average Bonchev–Trinajstić information content (AvgIpc) is 3.24. The lowest BCUT2D eigenvalue weighted by molar-refractivity contribution is -0.102. The molecule has 3 aromatic carbocycles. The van der Waals surface area contributed by atoms with E-state index in [9.17, 15) is 5.11 Å². The summed E-state index contributed by atoms with van der Waals surface area (Å²) in [5, 5.41) is 14.4. The van der Waals surface area contributed by atoms with Crippen LogP contribution >= 0.6 is 11.6 Å². The third-order valence-corrected chi connectivity index (χ3v) is 8.65. The van der Waals surface area contributed by atoms with Crippen LogP contribution in [0.2, 0.25) is 5.02 Å². The summed E-state index contributed by atoms with van der Waals surface area (Å²) in [5.74, 6) is 0.830. The summed E-state index contributed by atoms with van der Waals surface area (Å²) in [6, 6.07) is 25.0. The van der Waals surface area contributed by atoms with Gasteiger partial charge < -0.3 is 19.7 Å². The average molecular weight is 487 g/mol. The number of ether oxygens (including phenoxy) is 1. The van der Waals surface area contributed by atoms with Gasteiger partial charge in [-0.15, -0.1) is 0 Å². The zero-order valence-electron chi connectivity index (χ0n) is 20.1. The number of nitrogens with zero attached hydrogens (tertiary/aromatic N) is 1. The fourth-order valence-electron chi connectivity index (χ4n) is 6.46. The van der Waals surface area contributed by atoms with Crippen molar-refractivity contribution in [1.29, 1.82) is 0 Å². The topological polar surface area (TPSA) is 48.5 Å². The van der Waals surface area contributed by atoms with Gasteiger partial charge in [0.25, 0.3) is 0 Å². The highest BCUT2D eigenvalue weighted by atomic mass is 35.5. The normalized spacial score (nSPS) is 24.2. The molecule has 35 heavy (non-hydrogen) atoms. The molecule has 180 valence electrons. The number of hydrogen-bond donors (Lipinski definition) is 2. The van der Waals surface area contributed by atoms with Crippen molar-refractivity contribution in [3.8, 4) is 5.75 Å². The second-order valence-corrected chi connectivity index (χ2v) is 10.6. The molecule has 1 aliphatic carbocycles. The highest BCUT2D eigenvalue weighted by molar-refractivity contribution is 6.35. The molecule has 0 spiro atoms. The van der Waals surface area contributed by atoms with Gasteiger partial charge in [0.1, 0.15) is 5.75 Å². The molecule has 1 aromatic heterocycles. The molecule has 4 nitrogen and oxygen atoms in total. The van der Waals surface area contributed by atoms with Gasteiger partial charge in [-0.25, -0.2) is 0 Å². The molecule has 2 heterocycles. The van der Waals surface area contributed by atoms with E-state index in [-0.39, 0.29) is 0 Å². The highest BCUT2D eigenvalue weighted by Gasteiger charge is 2.57. The van der Waals surface area contributed by atoms with Crippen LogP contribution in [0, 0.1) is 0 Å². The van der Waals surface area contributed by atoms with Gasteiger partial charge in [0, 0.05) is 42.4 Å². The van der Waals surface area contributed by atoms with E-state index in [0.717, 1.165) is 59.6 Å². The van der Waals surface area contributed by atoms with Crippen LogP contribution in [0.1, 0.15) is 28.8 Å². The number of fused-ring (bicyclic) bond motifs is 4. The SMILES string of the molecule is COc1cccc([C@@]23CCN(CCc4ccccc4)C[C@@]2(O)Cc2c([nH]c4c(Cl)cccc24)C3)c1. The van der Waals surface area contributed by atoms with E-state index in [1.807, 2.05) is 24.3 Å². The van der Waals surface area contributed by atoms with Crippen molar-refractivity contribution in [2.75, 3.05) is 26.7 Å². The molecule has 0 bridgehead atoms. The van der Waals surface area contributed by atoms with Gasteiger partial charge in [-0.2, -0.15) is 0 Å². The number of hydrogen-bond acceptors (Lipinski definition) is 3. The molecule has 2 aliphatic rings. The van der Waals surface area contributed by atoms with Crippen LogP contribution in [0.15, 0.2) is 72.8 Å². The fourth-order valence-corrected chi connectivity index (χ4v) is 6.68. The first-order chi connectivity index (χ1) is 17.0. The van der Waals surface area contributed by atoms with Gasteiger partial charge in [0.05, 0.1) is 23.3 Å². The highest BCUT2D eigenvalue weighted by Crippen LogP contribution is 2.52. The zero-order chi connectivity index (χ0) is 24.0. The van der Waals surface area contributed by atoms with Crippen LogP contribution in [0.4, 0.5) is 0 Å². The molecule has 5 heteroatoms. The van der Waals surface area contributed by atoms with Crippen molar-refractivity contribution in [1.82, 2.24) is 9.88 Å². The lowest BCUT2D eigenvalue weighted by Gasteiger charge is -2.56. The number of H-pyrrole nitrogens is 1. The second kappa shape index (κ2) is 8.70. The first kappa shape index (κ1) is 22.7. The van der Waals surface area contributed by atoms with E-state index in [4.69, 9.17) is 16.3 Å². The maximum atomic E-state index is 12.6. The Morgan fingerprint density at radius 3 is 2.69 bits per heavy atom. The van der Waals surface area contributed by atoms with Gasteiger partial charge in [-0.3, -0.25) is 0 Å². The predicted octanol–water partition coefficient (Wildman–Crippen LogP) is 5.55. The largest absolute Gasteiger partial charge is 0.497 e. The number of rotatable bonds is 5. The minimum absolute atomic E-state index is 0.398. The third kappa shape index (κ3) is 3.76. The second-order valence-electron chi connectivity index (χ2n) is 10.2. The van der Waals surface area contributed by atoms with Gasteiger partial charge >= 0.3 is 0 Å². The summed E-state index contributed by atoms with van der Waals surface area (Å²) < 4.78 is 5.58. The molecule has 1 saturated heterocycles. The number of aliphatic hydroxyl groups is 1. The minimum atomic E-state index is -0.904. The number of methoxy groups -OCH3 is 1. The summed E-state index contributed by atoms with van der Waals surface area (Å²) >= 11 is 6.56. The number of aromatic nitrogens is 1. The number of para-hydroxylation sites is 1. The molecular weight excluding hydrogens is 456 g/mol. The number of likely N-dealkylation sites (tertiary alicyclic amines) is 1. The van der Waals surface area contributed by atoms with Gasteiger partial charge in [-0.1, -0.05) is 66.2 Å². The molecule has 2 N–H and O–H groups in total. The molecular formula is C30H31ClN2O2. The minimum Gasteiger partial charge on any atom is -0.497 e. The maximum Gasteiger partial charge on any atom is 0.119 e. The Morgan fingerprint density at radius 2 is 1.86 bits per heavy atom. The number of nitrogens with one attached hydrogen (secondary N) is 1. The van der Waals surface area contributed by atoms with Crippen molar-refractivity contribution in [3.05, 3.63) is 100 Å². The Bertz CT molecular complexity index is 1370. The smallest absolute Gasteiger partial charge is 0.119 e. The van der Waals surface area contributed by atoms with E-state index in [1.165, 1.54) is 16.8 Å². The summed E-state index contributed by atoms with van der Waals surface area (Å²) in [5.41, 5.74) is 4.55. The summed E-state index contributed by atoms with van der Waals surface area (Å²) in [4.78, 5) is 6.07. The number of piperidine rings is 1. The monoisotopic (exact) mass is 486 g/mol. The Morgan fingerprint density at radius 1 is 1.03 bits per heavy atom. The standard InChI is InChI=1S/C30H31ClN2O2/c1-35-23-10-5-9-22(17-23)29-14-16-33(15-13-21-7-3-2-4-8-21)20-30(29,34)18-25-24-11-6-12-26(31)28(24)32-27(25)19-29/h2-12,17,32,34H,13-16,18-20H2,1H3/t29-,30-/m0/s1. The first-order valence-electron chi connectivity index (χ1n) is 12.4. The molecule has 2 atom stereocenters. The Balaban J connectivity index is 1.41. The Kier molecular flexibility index (Phi) is 5.63. The van der Waals surface area contributed by atoms with Crippen molar-refractivity contribution in [2.45, 2.75) is 36.7 Å². The van der Waals surface area contributed by atoms with Gasteiger partial charge in [0.2, 0.25) is 0 Å². The van der Waals surface area contributed by atoms with Gasteiger partial charge in [0.15, 0.2) is 0 Å².